The number of aromatic nitrogens is 1. The number of hydrogen-bond acceptors (Lipinski definition) is 5. The fraction of sp³-hybridized carbons (Fsp3) is 0.719. The van der Waals surface area contributed by atoms with Crippen molar-refractivity contribution >= 4 is 12.3 Å². The summed E-state index contributed by atoms with van der Waals surface area (Å²) in [5, 5.41) is 11.3. The Hall–Kier alpha value is -2.05. The van der Waals surface area contributed by atoms with Crippen LogP contribution in [0, 0.1) is 52.8 Å². The first kappa shape index (κ1) is 26.2. The van der Waals surface area contributed by atoms with Gasteiger partial charge in [0.15, 0.2) is 0 Å². The van der Waals surface area contributed by atoms with Crippen molar-refractivity contribution in [2.45, 2.75) is 85.0 Å². The summed E-state index contributed by atoms with van der Waals surface area (Å²) in [5.41, 5.74) is 0.958. The molecule has 6 unspecified atom stereocenters. The van der Waals surface area contributed by atoms with E-state index in [1.54, 1.807) is 0 Å². The van der Waals surface area contributed by atoms with Crippen LogP contribution in [0.2, 0.25) is 0 Å². The molecule has 9 atom stereocenters. The van der Waals surface area contributed by atoms with Gasteiger partial charge in [-0.2, -0.15) is 0 Å². The second kappa shape index (κ2) is 8.99. The predicted molar refractivity (Wildman–Crippen MR) is 145 cm³/mol. The van der Waals surface area contributed by atoms with Gasteiger partial charge < -0.3 is 14.6 Å². The topological polar surface area (TPSA) is 79.7 Å². The van der Waals surface area contributed by atoms with Crippen LogP contribution in [0.5, 0.6) is 0 Å². The van der Waals surface area contributed by atoms with Crippen LogP contribution in [-0.4, -0.2) is 53.0 Å². The number of pyridine rings is 1. The van der Waals surface area contributed by atoms with Crippen molar-refractivity contribution in [1.29, 1.82) is 0 Å². The molecule has 6 nitrogen and oxygen atoms in total. The zero-order valence-electron chi connectivity index (χ0n) is 23.7. The van der Waals surface area contributed by atoms with E-state index in [9.17, 15) is 14.7 Å². The Morgan fingerprint density at radius 1 is 1.26 bits per heavy atom. The molecule has 1 aliphatic heterocycles. The average Bonchev–Trinajstić information content (AvgIpc) is 3.60. The molecule has 1 saturated heterocycles. The minimum absolute atomic E-state index is 0.0639. The maximum atomic E-state index is 13.7. The Morgan fingerprint density at radius 3 is 2.74 bits per heavy atom. The van der Waals surface area contributed by atoms with Crippen molar-refractivity contribution < 1.29 is 19.4 Å². The van der Waals surface area contributed by atoms with Crippen LogP contribution in [-0.2, 0) is 20.9 Å². The maximum Gasteiger partial charge on any atom is 0.315 e. The number of likely N-dealkylation sites (N-methyl/N-ethyl adjacent to an activating group) is 1. The number of aryl methyl sites for hydroxylation is 1. The fourth-order valence-electron chi connectivity index (χ4n) is 10.4. The number of nitrogens with zero attached hydrogens (tertiary/aromatic N) is 2. The first-order chi connectivity index (χ1) is 18.1. The Kier molecular flexibility index (Phi) is 6.19. The van der Waals surface area contributed by atoms with E-state index in [2.05, 4.69) is 50.7 Å². The van der Waals surface area contributed by atoms with E-state index in [4.69, 9.17) is 4.74 Å². The zero-order chi connectivity index (χ0) is 27.0. The van der Waals surface area contributed by atoms with Crippen LogP contribution in [0.15, 0.2) is 30.1 Å². The number of aliphatic carboxylic acids is 1. The minimum atomic E-state index is -1.15. The van der Waals surface area contributed by atoms with Crippen LogP contribution in [0.3, 0.4) is 0 Å². The van der Waals surface area contributed by atoms with Crippen LogP contribution in [0.25, 0.3) is 0 Å². The summed E-state index contributed by atoms with van der Waals surface area (Å²) in [6.07, 6.45) is 12.5. The van der Waals surface area contributed by atoms with Gasteiger partial charge in [-0.05, 0) is 92.9 Å². The molecule has 5 aliphatic rings. The summed E-state index contributed by atoms with van der Waals surface area (Å²) in [5.74, 6) is 0.499. The molecule has 4 bridgehead atoms. The highest BCUT2D eigenvalue weighted by Crippen LogP contribution is 2.84. The molecule has 0 radical (unpaired) electrons. The van der Waals surface area contributed by atoms with E-state index in [-0.39, 0.29) is 30.0 Å². The second-order valence-corrected chi connectivity index (χ2v) is 13.7. The number of aldehydes is 1. The molecule has 0 aromatic carbocycles. The lowest BCUT2D eigenvalue weighted by atomic mass is 9.41. The summed E-state index contributed by atoms with van der Waals surface area (Å²) in [4.78, 5) is 33.6. The number of carbonyl (C=O) groups excluding carboxylic acids is 1. The smallest absolute Gasteiger partial charge is 0.315 e. The molecule has 4 aliphatic carbocycles. The molecular weight excluding hydrogens is 476 g/mol. The first-order valence-corrected chi connectivity index (χ1v) is 14.8. The Balaban J connectivity index is 1.34. The number of carboxylic acid groups (broad SMARTS) is 1. The van der Waals surface area contributed by atoms with E-state index in [1.807, 2.05) is 18.5 Å². The third kappa shape index (κ3) is 3.16. The SMILES string of the molecule is Cc1ccncc1CN(C)CC1CCC(C23C[C@@H]4[C@H](C)CC[C@H]4C4(C=O)CC2C=C(C(C)C)C34C(=O)O)O1. The Morgan fingerprint density at radius 2 is 2.05 bits per heavy atom. The minimum Gasteiger partial charge on any atom is -0.481 e. The molecule has 1 N–H and O–H groups in total. The average molecular weight is 521 g/mol. The number of carbonyl (C=O) groups is 2. The lowest BCUT2D eigenvalue weighted by Gasteiger charge is -2.60. The zero-order valence-corrected chi connectivity index (χ0v) is 23.7. The van der Waals surface area contributed by atoms with Gasteiger partial charge in [-0.25, -0.2) is 0 Å². The molecule has 38 heavy (non-hydrogen) atoms. The van der Waals surface area contributed by atoms with Gasteiger partial charge in [-0.15, -0.1) is 0 Å². The summed E-state index contributed by atoms with van der Waals surface area (Å²) >= 11 is 0. The van der Waals surface area contributed by atoms with Crippen molar-refractivity contribution in [1.82, 2.24) is 9.88 Å². The lowest BCUT2D eigenvalue weighted by molar-refractivity contribution is -0.197. The number of allylic oxidation sites excluding steroid dienone is 1. The van der Waals surface area contributed by atoms with Gasteiger partial charge in [-0.3, -0.25) is 14.7 Å². The molecule has 206 valence electrons. The summed E-state index contributed by atoms with van der Waals surface area (Å²) in [6, 6.07) is 2.05. The van der Waals surface area contributed by atoms with Crippen LogP contribution >= 0.6 is 0 Å². The maximum absolute atomic E-state index is 13.7. The van der Waals surface area contributed by atoms with Gasteiger partial charge in [0, 0.05) is 30.9 Å². The Bertz CT molecular complexity index is 1160. The monoisotopic (exact) mass is 520 g/mol. The van der Waals surface area contributed by atoms with E-state index in [1.165, 1.54) is 11.1 Å². The van der Waals surface area contributed by atoms with Gasteiger partial charge in [0.25, 0.3) is 0 Å². The molecule has 0 spiro atoms. The number of ether oxygens (including phenoxy) is 1. The third-order valence-electron chi connectivity index (χ3n) is 11.8. The van der Waals surface area contributed by atoms with Crippen molar-refractivity contribution in [3.05, 3.63) is 41.2 Å². The summed E-state index contributed by atoms with van der Waals surface area (Å²) in [6.45, 7) is 10.3. The first-order valence-electron chi connectivity index (χ1n) is 14.8. The highest BCUT2D eigenvalue weighted by atomic mass is 16.5. The standard InChI is InChI=1S/C32H44N2O4/c1-19(2)27-12-23-13-30(18-35)26-8-6-21(4)25(26)14-31(23,32(27,30)29(36)37)28-9-7-24(38-28)17-34(5)16-22-15-33-11-10-20(22)3/h10-12,15,18-19,21,23-26,28H,6-9,13-14,16-17H2,1-5H3,(H,36,37)/t21-,23?,24?,25-,26-,28?,30?,31?,32?/m1/s1. The van der Waals surface area contributed by atoms with Crippen molar-refractivity contribution in [3.63, 3.8) is 0 Å². The van der Waals surface area contributed by atoms with Gasteiger partial charge in [0.2, 0.25) is 0 Å². The van der Waals surface area contributed by atoms with Crippen molar-refractivity contribution in [3.8, 4) is 0 Å². The molecular formula is C32H44N2O4. The largest absolute Gasteiger partial charge is 0.481 e. The third-order valence-corrected chi connectivity index (χ3v) is 11.8. The fourth-order valence-corrected chi connectivity index (χ4v) is 10.4. The molecule has 1 aromatic rings. The molecule has 1 aromatic heterocycles. The van der Waals surface area contributed by atoms with E-state index < -0.39 is 22.2 Å². The highest BCUT2D eigenvalue weighted by Gasteiger charge is 2.86. The van der Waals surface area contributed by atoms with Crippen LogP contribution in [0.4, 0.5) is 0 Å². The van der Waals surface area contributed by atoms with Gasteiger partial charge in [0.1, 0.15) is 11.7 Å². The lowest BCUT2D eigenvalue weighted by Crippen LogP contribution is -2.65. The highest BCUT2D eigenvalue weighted by molar-refractivity contribution is 5.90. The predicted octanol–water partition coefficient (Wildman–Crippen LogP) is 5.29. The molecule has 6 heteroatoms. The Labute approximate surface area is 227 Å². The second-order valence-electron chi connectivity index (χ2n) is 13.7. The molecule has 6 rings (SSSR count). The quantitative estimate of drug-likeness (QED) is 0.370. The van der Waals surface area contributed by atoms with Gasteiger partial charge in [0.05, 0.1) is 17.6 Å². The number of fused-ring (bicyclic) bond motifs is 2. The van der Waals surface area contributed by atoms with E-state index >= 15 is 0 Å². The molecule has 3 saturated carbocycles. The van der Waals surface area contributed by atoms with Gasteiger partial charge >= 0.3 is 5.97 Å². The molecule has 0 amide bonds. The number of rotatable bonds is 8. The van der Waals surface area contributed by atoms with E-state index in [0.29, 0.717) is 18.3 Å². The summed E-state index contributed by atoms with van der Waals surface area (Å²) < 4.78 is 6.95. The van der Waals surface area contributed by atoms with Crippen molar-refractivity contribution in [2.24, 2.45) is 45.8 Å². The van der Waals surface area contributed by atoms with E-state index in [0.717, 1.165) is 57.1 Å². The molecule has 4 fully saturated rings. The van der Waals surface area contributed by atoms with Crippen molar-refractivity contribution in [2.75, 3.05) is 13.6 Å². The normalized spacial score (nSPS) is 43.1. The molecule has 2 heterocycles. The van der Waals surface area contributed by atoms with Gasteiger partial charge in [-0.1, -0.05) is 38.8 Å². The number of carboxylic acids is 1. The number of hydrogen-bond donors (Lipinski definition) is 1. The summed E-state index contributed by atoms with van der Waals surface area (Å²) in [7, 11) is 2.13. The van der Waals surface area contributed by atoms with Crippen LogP contribution < -0.4 is 0 Å². The van der Waals surface area contributed by atoms with Crippen LogP contribution in [0.1, 0.15) is 70.4 Å².